The van der Waals surface area contributed by atoms with Crippen molar-refractivity contribution in [3.63, 3.8) is 0 Å². The molecule has 0 fully saturated rings. The van der Waals surface area contributed by atoms with Crippen LogP contribution in [-0.4, -0.2) is 22.3 Å². The van der Waals surface area contributed by atoms with Crippen LogP contribution in [0.2, 0.25) is 0 Å². The maximum absolute atomic E-state index is 11.9. The van der Waals surface area contributed by atoms with Crippen LogP contribution in [0.4, 0.5) is 5.69 Å². The first-order valence-electron chi connectivity index (χ1n) is 7.23. The first-order valence-corrected chi connectivity index (χ1v) is 7.23. The summed E-state index contributed by atoms with van der Waals surface area (Å²) in [6.07, 6.45) is 2.99. The SMILES string of the molecule is CCCOc1c(C(C)=O)cc([N+](=O)[O-])c2nccc(CC)c12. The summed E-state index contributed by atoms with van der Waals surface area (Å²) in [5.41, 5.74) is 1.21. The number of aryl methyl sites for hydroxylation is 1. The molecule has 0 aliphatic heterocycles. The number of rotatable bonds is 6. The van der Waals surface area contributed by atoms with Crippen LogP contribution in [0.3, 0.4) is 0 Å². The number of ether oxygens (including phenoxy) is 1. The highest BCUT2D eigenvalue weighted by molar-refractivity contribution is 6.06. The first kappa shape index (κ1) is 15.9. The van der Waals surface area contributed by atoms with Crippen molar-refractivity contribution in [3.05, 3.63) is 39.6 Å². The van der Waals surface area contributed by atoms with Crippen LogP contribution < -0.4 is 4.74 Å². The summed E-state index contributed by atoms with van der Waals surface area (Å²) in [6.45, 7) is 5.72. The molecule has 1 aromatic heterocycles. The predicted octanol–water partition coefficient (Wildman–Crippen LogP) is 3.70. The third-order valence-electron chi connectivity index (χ3n) is 3.44. The molecule has 6 heteroatoms. The van der Waals surface area contributed by atoms with Crippen LogP contribution in [-0.2, 0) is 6.42 Å². The Hall–Kier alpha value is -2.50. The number of pyridine rings is 1. The molecular weight excluding hydrogens is 284 g/mol. The maximum Gasteiger partial charge on any atom is 0.296 e. The van der Waals surface area contributed by atoms with Gasteiger partial charge >= 0.3 is 0 Å². The Kier molecular flexibility index (Phi) is 4.70. The highest BCUT2D eigenvalue weighted by Gasteiger charge is 2.24. The molecule has 1 heterocycles. The average molecular weight is 302 g/mol. The molecule has 0 saturated carbocycles. The van der Waals surface area contributed by atoms with Gasteiger partial charge in [-0.05, 0) is 31.4 Å². The number of non-ortho nitro benzene ring substituents is 1. The predicted molar refractivity (Wildman–Crippen MR) is 83.6 cm³/mol. The molecule has 0 saturated heterocycles. The van der Waals surface area contributed by atoms with Crippen molar-refractivity contribution in [2.24, 2.45) is 0 Å². The second-order valence-corrected chi connectivity index (χ2v) is 4.98. The van der Waals surface area contributed by atoms with Crippen LogP contribution in [0.1, 0.15) is 43.1 Å². The molecule has 0 unspecified atom stereocenters. The summed E-state index contributed by atoms with van der Waals surface area (Å²) >= 11 is 0. The van der Waals surface area contributed by atoms with E-state index in [0.717, 1.165) is 12.0 Å². The topological polar surface area (TPSA) is 82.3 Å². The van der Waals surface area contributed by atoms with E-state index in [9.17, 15) is 14.9 Å². The second kappa shape index (κ2) is 6.51. The van der Waals surface area contributed by atoms with E-state index in [-0.39, 0.29) is 22.6 Å². The summed E-state index contributed by atoms with van der Waals surface area (Å²) in [7, 11) is 0. The number of carbonyl (C=O) groups is 1. The van der Waals surface area contributed by atoms with E-state index in [2.05, 4.69) is 4.98 Å². The van der Waals surface area contributed by atoms with E-state index in [0.29, 0.717) is 24.2 Å². The minimum Gasteiger partial charge on any atom is -0.492 e. The lowest BCUT2D eigenvalue weighted by Gasteiger charge is -2.14. The standard InChI is InChI=1S/C16H18N2O4/c1-4-8-22-16-12(10(3)19)9-13(18(20)21)15-14(16)11(5-2)6-7-17-15/h6-7,9H,4-5,8H2,1-3H3. The second-order valence-electron chi connectivity index (χ2n) is 4.98. The van der Waals surface area contributed by atoms with E-state index in [4.69, 9.17) is 4.74 Å². The van der Waals surface area contributed by atoms with Crippen LogP contribution in [0.5, 0.6) is 5.75 Å². The van der Waals surface area contributed by atoms with Gasteiger partial charge < -0.3 is 4.74 Å². The fourth-order valence-corrected chi connectivity index (χ4v) is 2.40. The molecule has 116 valence electrons. The quantitative estimate of drug-likeness (QED) is 0.461. The van der Waals surface area contributed by atoms with Gasteiger partial charge in [-0.1, -0.05) is 13.8 Å². The molecular formula is C16H18N2O4. The molecule has 0 aliphatic carbocycles. The summed E-state index contributed by atoms with van der Waals surface area (Å²) in [4.78, 5) is 26.9. The summed E-state index contributed by atoms with van der Waals surface area (Å²) in [5.74, 6) is 0.141. The van der Waals surface area contributed by atoms with Gasteiger partial charge in [0.05, 0.1) is 22.5 Å². The van der Waals surface area contributed by atoms with Crippen molar-refractivity contribution in [2.75, 3.05) is 6.61 Å². The van der Waals surface area contributed by atoms with Crippen molar-refractivity contribution in [2.45, 2.75) is 33.6 Å². The number of ketones is 1. The first-order chi connectivity index (χ1) is 10.5. The summed E-state index contributed by atoms with van der Waals surface area (Å²) in [6, 6.07) is 3.07. The lowest BCUT2D eigenvalue weighted by Crippen LogP contribution is -2.06. The van der Waals surface area contributed by atoms with Crippen molar-refractivity contribution < 1.29 is 14.5 Å². The fourth-order valence-electron chi connectivity index (χ4n) is 2.40. The smallest absolute Gasteiger partial charge is 0.296 e. The summed E-state index contributed by atoms with van der Waals surface area (Å²) in [5, 5.41) is 11.9. The monoisotopic (exact) mass is 302 g/mol. The number of hydrogen-bond donors (Lipinski definition) is 0. The molecule has 2 aromatic rings. The number of aromatic nitrogens is 1. The van der Waals surface area contributed by atoms with Gasteiger partial charge in [0.2, 0.25) is 0 Å². The molecule has 0 amide bonds. The largest absolute Gasteiger partial charge is 0.492 e. The Labute approximate surface area is 128 Å². The number of carbonyl (C=O) groups excluding carboxylic acids is 1. The van der Waals surface area contributed by atoms with Crippen molar-refractivity contribution in [1.82, 2.24) is 4.98 Å². The van der Waals surface area contributed by atoms with Gasteiger partial charge in [0.25, 0.3) is 5.69 Å². The van der Waals surface area contributed by atoms with Gasteiger partial charge in [0, 0.05) is 12.3 Å². The van der Waals surface area contributed by atoms with E-state index < -0.39 is 4.92 Å². The van der Waals surface area contributed by atoms with Crippen LogP contribution in [0.15, 0.2) is 18.3 Å². The van der Waals surface area contributed by atoms with Crippen molar-refractivity contribution in [1.29, 1.82) is 0 Å². The molecule has 2 rings (SSSR count). The number of Topliss-reactive ketones (excluding diaryl/α,β-unsaturated/α-hetero) is 1. The number of nitro benzene ring substituents is 1. The van der Waals surface area contributed by atoms with Gasteiger partial charge in [0.1, 0.15) is 5.75 Å². The number of nitrogens with zero attached hydrogens (tertiary/aromatic N) is 2. The molecule has 0 N–H and O–H groups in total. The molecule has 1 aromatic carbocycles. The van der Waals surface area contributed by atoms with Gasteiger partial charge in [-0.2, -0.15) is 0 Å². The number of benzene rings is 1. The average Bonchev–Trinajstić information content (AvgIpc) is 2.50. The van der Waals surface area contributed by atoms with Gasteiger partial charge in [-0.3, -0.25) is 14.9 Å². The number of nitro groups is 1. The van der Waals surface area contributed by atoms with E-state index in [1.807, 2.05) is 13.8 Å². The van der Waals surface area contributed by atoms with Gasteiger partial charge in [0.15, 0.2) is 11.3 Å². The zero-order chi connectivity index (χ0) is 16.3. The number of fused-ring (bicyclic) bond motifs is 1. The molecule has 0 bridgehead atoms. The Balaban J connectivity index is 2.92. The maximum atomic E-state index is 11.9. The summed E-state index contributed by atoms with van der Waals surface area (Å²) < 4.78 is 5.75. The molecule has 6 nitrogen and oxygen atoms in total. The normalized spacial score (nSPS) is 10.7. The van der Waals surface area contributed by atoms with Crippen LogP contribution in [0, 0.1) is 10.1 Å². The lowest BCUT2D eigenvalue weighted by molar-refractivity contribution is -0.383. The van der Waals surface area contributed by atoms with Crippen LogP contribution >= 0.6 is 0 Å². The minimum atomic E-state index is -0.509. The molecule has 0 spiro atoms. The minimum absolute atomic E-state index is 0.167. The van der Waals surface area contributed by atoms with Crippen molar-refractivity contribution >= 4 is 22.4 Å². The van der Waals surface area contributed by atoms with Crippen LogP contribution in [0.25, 0.3) is 10.9 Å². The number of hydrogen-bond acceptors (Lipinski definition) is 5. The highest BCUT2D eigenvalue weighted by atomic mass is 16.6. The van der Waals surface area contributed by atoms with E-state index in [1.54, 1.807) is 12.3 Å². The van der Waals surface area contributed by atoms with E-state index >= 15 is 0 Å². The molecule has 0 aliphatic rings. The Morgan fingerprint density at radius 3 is 2.68 bits per heavy atom. The van der Waals surface area contributed by atoms with Gasteiger partial charge in [-0.25, -0.2) is 4.98 Å². The Morgan fingerprint density at radius 2 is 2.14 bits per heavy atom. The third kappa shape index (κ3) is 2.77. The zero-order valence-electron chi connectivity index (χ0n) is 12.9. The van der Waals surface area contributed by atoms with E-state index in [1.165, 1.54) is 13.0 Å². The van der Waals surface area contributed by atoms with Crippen molar-refractivity contribution in [3.8, 4) is 5.75 Å². The highest BCUT2D eigenvalue weighted by Crippen LogP contribution is 2.38. The molecule has 0 atom stereocenters. The third-order valence-corrected chi connectivity index (χ3v) is 3.44. The molecule has 22 heavy (non-hydrogen) atoms. The Bertz CT molecular complexity index is 740. The lowest BCUT2D eigenvalue weighted by atomic mass is 9.99. The molecule has 0 radical (unpaired) electrons. The Morgan fingerprint density at radius 1 is 1.41 bits per heavy atom. The fraction of sp³-hybridized carbons (Fsp3) is 0.375. The van der Waals surface area contributed by atoms with Gasteiger partial charge in [-0.15, -0.1) is 0 Å². The zero-order valence-corrected chi connectivity index (χ0v) is 12.9.